The van der Waals surface area contributed by atoms with Crippen LogP contribution in [0.4, 0.5) is 0 Å². The van der Waals surface area contributed by atoms with Crippen molar-refractivity contribution in [3.63, 3.8) is 0 Å². The standard InChI is InChI=1S/C29H44O14/c1-11-13(31)7-29(39)12(2)23-27(5,24(37)20(34)18(11)26(29,3)4)15(6-16-28(23,38)10-41-16)43-17(32)9-40-25-22(36)21(35)19(33)14(8-30)42-25/h12-16,19-23,25,30-31,33-36,38-39H,6-10H2,1-5H3/t12?,13?,14?,15?,16?,19?,20?,21?,22?,23?,25?,27-,28+,29?/m1/s1. The molecule has 2 saturated carbocycles. The highest BCUT2D eigenvalue weighted by atomic mass is 16.7. The minimum Gasteiger partial charge on any atom is -0.459 e. The Bertz CT molecular complexity index is 1170. The quantitative estimate of drug-likeness (QED) is 0.116. The average molecular weight is 617 g/mol. The monoisotopic (exact) mass is 616 g/mol. The first-order chi connectivity index (χ1) is 19.9. The molecule has 8 N–H and O–H groups in total. The molecule has 14 nitrogen and oxygen atoms in total. The molecule has 5 rings (SSSR count). The van der Waals surface area contributed by atoms with E-state index >= 15 is 0 Å². The molecule has 0 aromatic rings. The summed E-state index contributed by atoms with van der Waals surface area (Å²) in [5.41, 5.74) is -5.66. The molecule has 2 saturated heterocycles. The Kier molecular flexibility index (Phi) is 8.22. The summed E-state index contributed by atoms with van der Waals surface area (Å²) in [6.45, 7) is 6.50. The molecule has 244 valence electrons. The summed E-state index contributed by atoms with van der Waals surface area (Å²) < 4.78 is 22.0. The van der Waals surface area contributed by atoms with E-state index in [1.54, 1.807) is 27.7 Å². The van der Waals surface area contributed by atoms with Gasteiger partial charge >= 0.3 is 5.97 Å². The van der Waals surface area contributed by atoms with Gasteiger partial charge in [0.05, 0.1) is 36.4 Å². The van der Waals surface area contributed by atoms with Gasteiger partial charge in [-0.3, -0.25) is 4.79 Å². The summed E-state index contributed by atoms with van der Waals surface area (Å²) in [7, 11) is 0. The number of carbonyl (C=O) groups excluding carboxylic acids is 2. The van der Waals surface area contributed by atoms with Gasteiger partial charge in [-0.25, -0.2) is 4.79 Å². The zero-order chi connectivity index (χ0) is 32.0. The Morgan fingerprint density at radius 2 is 1.70 bits per heavy atom. The zero-order valence-electron chi connectivity index (χ0n) is 24.9. The number of aliphatic hydroxyl groups excluding tert-OH is 6. The van der Waals surface area contributed by atoms with Gasteiger partial charge in [-0.05, 0) is 30.9 Å². The minimum absolute atomic E-state index is 0.108. The Hall–Kier alpha value is -1.56. The van der Waals surface area contributed by atoms with E-state index in [4.69, 9.17) is 18.9 Å². The fraction of sp³-hybridized carbons (Fsp3) is 0.862. The number of Topliss-reactive ketones (excluding diaryl/α,β-unsaturated/α-hetero) is 1. The van der Waals surface area contributed by atoms with Crippen LogP contribution in [0.3, 0.4) is 0 Å². The molecule has 0 spiro atoms. The third-order valence-electron chi connectivity index (χ3n) is 11.3. The van der Waals surface area contributed by atoms with Gasteiger partial charge in [0, 0.05) is 24.2 Å². The van der Waals surface area contributed by atoms with Crippen molar-refractivity contribution >= 4 is 11.8 Å². The number of rotatable bonds is 5. The highest BCUT2D eigenvalue weighted by molar-refractivity contribution is 5.93. The number of hydrogen-bond acceptors (Lipinski definition) is 14. The molecule has 0 amide bonds. The minimum atomic E-state index is -1.79. The van der Waals surface area contributed by atoms with E-state index in [-0.39, 0.29) is 25.0 Å². The van der Waals surface area contributed by atoms with E-state index in [1.165, 1.54) is 6.92 Å². The number of esters is 1. The van der Waals surface area contributed by atoms with E-state index in [2.05, 4.69) is 0 Å². The van der Waals surface area contributed by atoms with Gasteiger partial charge in [-0.1, -0.05) is 20.8 Å². The van der Waals surface area contributed by atoms with Gasteiger partial charge in [0.15, 0.2) is 12.1 Å². The third kappa shape index (κ3) is 4.48. The van der Waals surface area contributed by atoms with Gasteiger partial charge in [-0.2, -0.15) is 0 Å². The van der Waals surface area contributed by atoms with E-state index in [1.807, 2.05) is 0 Å². The van der Waals surface area contributed by atoms with Crippen molar-refractivity contribution in [1.29, 1.82) is 0 Å². The predicted molar refractivity (Wildman–Crippen MR) is 143 cm³/mol. The lowest BCUT2D eigenvalue weighted by Gasteiger charge is -2.67. The molecule has 12 unspecified atom stereocenters. The highest BCUT2D eigenvalue weighted by Crippen LogP contribution is 2.64. The lowest BCUT2D eigenvalue weighted by atomic mass is 9.43. The summed E-state index contributed by atoms with van der Waals surface area (Å²) in [5, 5.41) is 86.3. The van der Waals surface area contributed by atoms with Crippen molar-refractivity contribution < 1.29 is 69.4 Å². The number of carbonyl (C=O) groups is 2. The van der Waals surface area contributed by atoms with Gasteiger partial charge in [0.2, 0.25) is 0 Å². The number of hydrogen-bond donors (Lipinski definition) is 8. The average Bonchev–Trinajstić information content (AvgIpc) is 2.94. The molecular weight excluding hydrogens is 572 g/mol. The summed E-state index contributed by atoms with van der Waals surface area (Å²) >= 11 is 0. The fourth-order valence-corrected chi connectivity index (χ4v) is 8.70. The molecule has 14 heteroatoms. The largest absolute Gasteiger partial charge is 0.459 e. The first kappa shape index (κ1) is 32.8. The van der Waals surface area contributed by atoms with Crippen LogP contribution in [0.25, 0.3) is 0 Å². The van der Waals surface area contributed by atoms with Gasteiger partial charge in [-0.15, -0.1) is 0 Å². The van der Waals surface area contributed by atoms with Crippen molar-refractivity contribution in [1.82, 2.24) is 0 Å². The number of ketones is 1. The molecule has 2 heterocycles. The van der Waals surface area contributed by atoms with Gasteiger partial charge in [0.25, 0.3) is 0 Å². The van der Waals surface area contributed by atoms with Crippen LogP contribution < -0.4 is 0 Å². The molecule has 14 atom stereocenters. The second-order valence-corrected chi connectivity index (χ2v) is 13.7. The normalized spacial score (nSPS) is 51.0. The summed E-state index contributed by atoms with van der Waals surface area (Å²) in [6.07, 6.45) is -13.2. The Balaban J connectivity index is 1.47. The summed E-state index contributed by atoms with van der Waals surface area (Å²) in [5.74, 6) is -3.68. The van der Waals surface area contributed by atoms with Crippen LogP contribution in [-0.2, 0) is 28.5 Å². The van der Waals surface area contributed by atoms with Crippen molar-refractivity contribution in [2.75, 3.05) is 19.8 Å². The second-order valence-electron chi connectivity index (χ2n) is 13.7. The van der Waals surface area contributed by atoms with Crippen molar-refractivity contribution in [2.45, 2.75) is 114 Å². The molecule has 0 radical (unpaired) electrons. The highest BCUT2D eigenvalue weighted by Gasteiger charge is 2.74. The van der Waals surface area contributed by atoms with Crippen LogP contribution in [0, 0.1) is 22.7 Å². The van der Waals surface area contributed by atoms with Crippen LogP contribution in [0.2, 0.25) is 0 Å². The zero-order valence-corrected chi connectivity index (χ0v) is 24.9. The first-order valence-corrected chi connectivity index (χ1v) is 14.7. The fourth-order valence-electron chi connectivity index (χ4n) is 8.70. The van der Waals surface area contributed by atoms with E-state index in [0.29, 0.717) is 5.57 Å². The number of fused-ring (bicyclic) bond motifs is 5. The number of aliphatic hydroxyl groups is 8. The van der Waals surface area contributed by atoms with Crippen LogP contribution in [-0.4, -0.2) is 139 Å². The molecule has 3 aliphatic carbocycles. The topological polar surface area (TPSA) is 233 Å². The van der Waals surface area contributed by atoms with Crippen molar-refractivity contribution in [3.05, 3.63) is 11.1 Å². The van der Waals surface area contributed by atoms with E-state index in [9.17, 15) is 50.4 Å². The smallest absolute Gasteiger partial charge is 0.332 e. The Morgan fingerprint density at radius 3 is 2.28 bits per heavy atom. The molecule has 0 aromatic carbocycles. The van der Waals surface area contributed by atoms with Crippen LogP contribution in [0.1, 0.15) is 47.5 Å². The van der Waals surface area contributed by atoms with Gasteiger partial charge < -0.3 is 59.8 Å². The molecule has 4 fully saturated rings. The Morgan fingerprint density at radius 1 is 1.05 bits per heavy atom. The number of ether oxygens (including phenoxy) is 4. The van der Waals surface area contributed by atoms with Crippen molar-refractivity contribution in [2.24, 2.45) is 22.7 Å². The maximum Gasteiger partial charge on any atom is 0.332 e. The summed E-state index contributed by atoms with van der Waals surface area (Å²) in [6, 6.07) is 0. The van der Waals surface area contributed by atoms with Crippen LogP contribution in [0.15, 0.2) is 11.1 Å². The van der Waals surface area contributed by atoms with E-state index in [0.717, 1.165) is 0 Å². The lowest BCUT2D eigenvalue weighted by Crippen LogP contribution is -2.79. The predicted octanol–water partition coefficient (Wildman–Crippen LogP) is -2.71. The second kappa shape index (κ2) is 10.8. The molecular formula is C29H44O14. The summed E-state index contributed by atoms with van der Waals surface area (Å²) in [4.78, 5) is 27.5. The lowest BCUT2D eigenvalue weighted by molar-refractivity contribution is -0.337. The first-order valence-electron chi connectivity index (χ1n) is 14.7. The maximum atomic E-state index is 14.4. The van der Waals surface area contributed by atoms with Crippen LogP contribution >= 0.6 is 0 Å². The molecule has 2 aliphatic heterocycles. The van der Waals surface area contributed by atoms with Crippen LogP contribution in [0.5, 0.6) is 0 Å². The SMILES string of the molecule is CC1=C2C(O)C(=O)[C@]3(C)C(OC(=O)COC4OC(CO)C(O)C(O)C4O)CC4OC[C@@]4(O)C3C(C)C(O)(CC1O)C2(C)C. The molecule has 0 aromatic heterocycles. The third-order valence-corrected chi connectivity index (χ3v) is 11.3. The van der Waals surface area contributed by atoms with Gasteiger partial charge in [0.1, 0.15) is 48.8 Å². The molecule has 2 bridgehead atoms. The molecule has 5 aliphatic rings. The van der Waals surface area contributed by atoms with E-state index < -0.39 is 114 Å². The molecule has 43 heavy (non-hydrogen) atoms. The van der Waals surface area contributed by atoms with Crippen molar-refractivity contribution in [3.8, 4) is 0 Å². The maximum absolute atomic E-state index is 14.4. The Labute approximate surface area is 248 Å².